The van der Waals surface area contributed by atoms with Gasteiger partial charge in [0.05, 0.1) is 7.11 Å². The first-order chi connectivity index (χ1) is 7.23. The highest BCUT2D eigenvalue weighted by Gasteiger charge is 2.67. The number of methoxy groups -OCH3 is 1. The molecule has 2 atom stereocenters. The van der Waals surface area contributed by atoms with Crippen LogP contribution in [0.1, 0.15) is 0 Å². The third-order valence-electron chi connectivity index (χ3n) is 1.99. The second kappa shape index (κ2) is 3.78. The van der Waals surface area contributed by atoms with Crippen molar-refractivity contribution in [2.24, 2.45) is 0 Å². The lowest BCUT2D eigenvalue weighted by molar-refractivity contribution is -0.280. The molecule has 0 aromatic rings. The summed E-state index contributed by atoms with van der Waals surface area (Å²) in [5.74, 6) is -3.01. The molecule has 0 unspecified atom stereocenters. The molecule has 8 heteroatoms. The van der Waals surface area contributed by atoms with Crippen molar-refractivity contribution in [3.63, 3.8) is 0 Å². The third kappa shape index (κ3) is 1.75. The number of esters is 2. The van der Waals surface area contributed by atoms with E-state index in [9.17, 15) is 27.9 Å². The average Bonchev–Trinajstić information content (AvgIpc) is 2.60. The zero-order valence-corrected chi connectivity index (χ0v) is 7.95. The SMILES string of the molecule is COC(=O)[C@@](O)([C@@H]1C=CC(=O)O1)C(F)(F)F. The van der Waals surface area contributed by atoms with Gasteiger partial charge < -0.3 is 14.6 Å². The number of carbonyl (C=O) groups excluding carboxylic acids is 2. The number of rotatable bonds is 2. The topological polar surface area (TPSA) is 72.8 Å². The van der Waals surface area contributed by atoms with E-state index in [0.717, 1.165) is 0 Å². The molecule has 0 fully saturated rings. The predicted octanol–water partition coefficient (Wildman–Crippen LogP) is -0.0656. The number of hydrogen-bond acceptors (Lipinski definition) is 5. The van der Waals surface area contributed by atoms with Gasteiger partial charge in [-0.1, -0.05) is 0 Å². The molecule has 0 bridgehead atoms. The van der Waals surface area contributed by atoms with Crippen molar-refractivity contribution < 1.29 is 37.3 Å². The summed E-state index contributed by atoms with van der Waals surface area (Å²) in [6.45, 7) is 0. The highest BCUT2D eigenvalue weighted by Crippen LogP contribution is 2.37. The number of alkyl halides is 3. The summed E-state index contributed by atoms with van der Waals surface area (Å²) in [5, 5.41) is 9.31. The van der Waals surface area contributed by atoms with Crippen LogP contribution < -0.4 is 0 Å². The van der Waals surface area contributed by atoms with Crippen molar-refractivity contribution in [2.45, 2.75) is 17.9 Å². The first kappa shape index (κ1) is 12.5. The number of hydrogen-bond donors (Lipinski definition) is 1. The van der Waals surface area contributed by atoms with E-state index in [1.807, 2.05) is 0 Å². The second-order valence-electron chi connectivity index (χ2n) is 2.97. The molecule has 0 saturated carbocycles. The van der Waals surface area contributed by atoms with E-state index in [0.29, 0.717) is 19.3 Å². The Bertz CT molecular complexity index is 348. The molecule has 1 rings (SSSR count). The Balaban J connectivity index is 3.11. The normalized spacial score (nSPS) is 23.8. The molecule has 1 aliphatic heterocycles. The molecule has 0 saturated heterocycles. The predicted molar refractivity (Wildman–Crippen MR) is 42.0 cm³/mol. The Labute approximate surface area is 87.4 Å². The zero-order chi connectivity index (χ0) is 12.6. The summed E-state index contributed by atoms with van der Waals surface area (Å²) in [6.07, 6.45) is -6.12. The molecule has 0 aromatic carbocycles. The maximum atomic E-state index is 12.5. The van der Waals surface area contributed by atoms with Gasteiger partial charge in [0, 0.05) is 6.08 Å². The molecule has 1 N–H and O–H groups in total. The molecule has 1 aliphatic rings. The fraction of sp³-hybridized carbons (Fsp3) is 0.500. The van der Waals surface area contributed by atoms with Crippen LogP contribution in [0.15, 0.2) is 12.2 Å². The van der Waals surface area contributed by atoms with E-state index in [1.165, 1.54) is 0 Å². The fourth-order valence-electron chi connectivity index (χ4n) is 1.14. The van der Waals surface area contributed by atoms with E-state index in [1.54, 1.807) is 0 Å². The van der Waals surface area contributed by atoms with Crippen molar-refractivity contribution in [1.82, 2.24) is 0 Å². The van der Waals surface area contributed by atoms with Crippen molar-refractivity contribution in [3.05, 3.63) is 12.2 Å². The molecule has 5 nitrogen and oxygen atoms in total. The summed E-state index contributed by atoms with van der Waals surface area (Å²) in [4.78, 5) is 21.6. The molecular formula is C8H7F3O5. The number of aliphatic hydroxyl groups is 1. The first-order valence-corrected chi connectivity index (χ1v) is 4.00. The van der Waals surface area contributed by atoms with Gasteiger partial charge in [-0.2, -0.15) is 13.2 Å². The quantitative estimate of drug-likeness (QED) is 0.684. The monoisotopic (exact) mass is 240 g/mol. The molecule has 16 heavy (non-hydrogen) atoms. The fourth-order valence-corrected chi connectivity index (χ4v) is 1.14. The van der Waals surface area contributed by atoms with Crippen LogP contribution in [0, 0.1) is 0 Å². The minimum Gasteiger partial charge on any atom is -0.467 e. The van der Waals surface area contributed by atoms with E-state index in [-0.39, 0.29) is 0 Å². The summed E-state index contributed by atoms with van der Waals surface area (Å²) in [6, 6.07) is 0. The van der Waals surface area contributed by atoms with Crippen LogP contribution in [0.4, 0.5) is 13.2 Å². The summed E-state index contributed by atoms with van der Waals surface area (Å²) in [5.41, 5.74) is -3.88. The van der Waals surface area contributed by atoms with Crippen LogP contribution in [-0.2, 0) is 19.1 Å². The van der Waals surface area contributed by atoms with Gasteiger partial charge in [-0.05, 0) is 6.08 Å². The molecular weight excluding hydrogens is 233 g/mol. The molecule has 0 aromatic heterocycles. The van der Waals surface area contributed by atoms with Gasteiger partial charge in [-0.25, -0.2) is 9.59 Å². The number of cyclic esters (lactones) is 1. The minimum absolute atomic E-state index is 0.646. The maximum absolute atomic E-state index is 12.5. The number of ether oxygens (including phenoxy) is 2. The molecule has 1 heterocycles. The van der Waals surface area contributed by atoms with Gasteiger partial charge in [-0.3, -0.25) is 0 Å². The highest BCUT2D eigenvalue weighted by atomic mass is 19.4. The summed E-state index contributed by atoms with van der Waals surface area (Å²) < 4.78 is 45.6. The Hall–Kier alpha value is -1.57. The van der Waals surface area contributed by atoms with Crippen molar-refractivity contribution in [3.8, 4) is 0 Å². The number of halogens is 3. The molecule has 0 spiro atoms. The smallest absolute Gasteiger partial charge is 0.432 e. The van der Waals surface area contributed by atoms with Crippen LogP contribution >= 0.6 is 0 Å². The first-order valence-electron chi connectivity index (χ1n) is 4.00. The van der Waals surface area contributed by atoms with Gasteiger partial charge in [-0.15, -0.1) is 0 Å². The Morgan fingerprint density at radius 1 is 1.56 bits per heavy atom. The standard InChI is InChI=1S/C8H7F3O5/c1-15-6(13)7(14,8(9,10)11)4-2-3-5(12)16-4/h2-4,14H,1H3/t4-,7-/m0/s1. The highest BCUT2D eigenvalue weighted by molar-refractivity contribution is 5.88. The van der Waals surface area contributed by atoms with E-state index >= 15 is 0 Å². The summed E-state index contributed by atoms with van der Waals surface area (Å²) in [7, 11) is 0.680. The summed E-state index contributed by atoms with van der Waals surface area (Å²) >= 11 is 0. The van der Waals surface area contributed by atoms with Gasteiger partial charge in [0.2, 0.25) is 0 Å². The van der Waals surface area contributed by atoms with Crippen LogP contribution in [0.2, 0.25) is 0 Å². The molecule has 0 radical (unpaired) electrons. The van der Waals surface area contributed by atoms with E-state index < -0.39 is 29.8 Å². The van der Waals surface area contributed by atoms with Crippen molar-refractivity contribution in [1.29, 1.82) is 0 Å². The van der Waals surface area contributed by atoms with Crippen LogP contribution in [0.3, 0.4) is 0 Å². The van der Waals surface area contributed by atoms with Crippen LogP contribution in [0.5, 0.6) is 0 Å². The van der Waals surface area contributed by atoms with Gasteiger partial charge >= 0.3 is 18.1 Å². The Morgan fingerprint density at radius 3 is 2.44 bits per heavy atom. The maximum Gasteiger partial charge on any atom is 0.432 e. The van der Waals surface area contributed by atoms with E-state index in [4.69, 9.17) is 0 Å². The lowest BCUT2D eigenvalue weighted by Gasteiger charge is -2.30. The Kier molecular flexibility index (Phi) is 2.95. The average molecular weight is 240 g/mol. The second-order valence-corrected chi connectivity index (χ2v) is 2.97. The van der Waals surface area contributed by atoms with Crippen LogP contribution in [0.25, 0.3) is 0 Å². The van der Waals surface area contributed by atoms with Crippen LogP contribution in [-0.4, -0.2) is 42.0 Å². The van der Waals surface area contributed by atoms with E-state index in [2.05, 4.69) is 9.47 Å². The largest absolute Gasteiger partial charge is 0.467 e. The third-order valence-corrected chi connectivity index (χ3v) is 1.99. The van der Waals surface area contributed by atoms with Gasteiger partial charge in [0.15, 0.2) is 6.10 Å². The molecule has 90 valence electrons. The van der Waals surface area contributed by atoms with Gasteiger partial charge in [0.25, 0.3) is 5.60 Å². The van der Waals surface area contributed by atoms with Gasteiger partial charge in [0.1, 0.15) is 0 Å². The zero-order valence-electron chi connectivity index (χ0n) is 7.95. The Morgan fingerprint density at radius 2 is 2.12 bits per heavy atom. The number of carbonyl (C=O) groups is 2. The lowest BCUT2D eigenvalue weighted by atomic mass is 9.96. The van der Waals surface area contributed by atoms with Crippen molar-refractivity contribution >= 4 is 11.9 Å². The molecule has 0 aliphatic carbocycles. The van der Waals surface area contributed by atoms with Crippen molar-refractivity contribution in [2.75, 3.05) is 7.11 Å². The molecule has 0 amide bonds. The lowest BCUT2D eigenvalue weighted by Crippen LogP contribution is -2.60. The minimum atomic E-state index is -5.32.